The quantitative estimate of drug-likeness (QED) is 0.787. The number of carbonyl (C=O) groups excluding carboxylic acids is 2. The zero-order chi connectivity index (χ0) is 18.0. The number of hydrogen-bond acceptors (Lipinski definition) is 2. The highest BCUT2D eigenvalue weighted by Gasteiger charge is 2.29. The SMILES string of the molecule is Cc1ccc(C(=O)C2CCN(C(=O)c3ccccc3F)CC2)c(C)c1. The zero-order valence-electron chi connectivity index (χ0n) is 14.6. The lowest BCUT2D eigenvalue weighted by atomic mass is 9.87. The molecule has 1 aliphatic heterocycles. The van der Waals surface area contributed by atoms with Crippen molar-refractivity contribution in [3.63, 3.8) is 0 Å². The molecular formula is C21H22FNO2. The Kier molecular flexibility index (Phi) is 4.98. The van der Waals surface area contributed by atoms with Crippen LogP contribution in [-0.4, -0.2) is 29.7 Å². The van der Waals surface area contributed by atoms with Gasteiger partial charge in [0.15, 0.2) is 5.78 Å². The second kappa shape index (κ2) is 7.18. The number of Topliss-reactive ketones (excluding diaryl/α,β-unsaturated/α-hetero) is 1. The maximum atomic E-state index is 13.8. The van der Waals surface area contributed by atoms with E-state index in [4.69, 9.17) is 0 Å². The molecule has 0 radical (unpaired) electrons. The predicted octanol–water partition coefficient (Wildman–Crippen LogP) is 4.18. The topological polar surface area (TPSA) is 37.4 Å². The standard InChI is InChI=1S/C21H22FNO2/c1-14-7-8-17(15(2)13-14)20(24)16-9-11-23(12-10-16)21(25)18-5-3-4-6-19(18)22/h3-8,13,16H,9-12H2,1-2H3. The van der Waals surface area contributed by atoms with E-state index in [2.05, 4.69) is 0 Å². The number of carbonyl (C=O) groups is 2. The average molecular weight is 339 g/mol. The van der Waals surface area contributed by atoms with Crippen LogP contribution in [0.5, 0.6) is 0 Å². The Morgan fingerprint density at radius 2 is 1.68 bits per heavy atom. The monoisotopic (exact) mass is 339 g/mol. The summed E-state index contributed by atoms with van der Waals surface area (Å²) in [5.74, 6) is -0.724. The molecule has 3 nitrogen and oxygen atoms in total. The van der Waals surface area contributed by atoms with Crippen LogP contribution in [0, 0.1) is 25.6 Å². The fraction of sp³-hybridized carbons (Fsp3) is 0.333. The second-order valence-corrected chi connectivity index (χ2v) is 6.73. The summed E-state index contributed by atoms with van der Waals surface area (Å²) in [7, 11) is 0. The van der Waals surface area contributed by atoms with Crippen LogP contribution >= 0.6 is 0 Å². The van der Waals surface area contributed by atoms with Gasteiger partial charge >= 0.3 is 0 Å². The number of benzene rings is 2. The van der Waals surface area contributed by atoms with Crippen LogP contribution in [0.3, 0.4) is 0 Å². The lowest BCUT2D eigenvalue weighted by molar-refractivity contribution is 0.0646. The molecule has 0 saturated carbocycles. The van der Waals surface area contributed by atoms with E-state index >= 15 is 0 Å². The Morgan fingerprint density at radius 3 is 2.32 bits per heavy atom. The molecule has 3 rings (SSSR count). The normalized spacial score (nSPS) is 15.2. The highest BCUT2D eigenvalue weighted by molar-refractivity contribution is 5.99. The first kappa shape index (κ1) is 17.3. The van der Waals surface area contributed by atoms with Crippen LogP contribution < -0.4 is 0 Å². The fourth-order valence-electron chi connectivity index (χ4n) is 3.46. The molecule has 1 aliphatic rings. The van der Waals surface area contributed by atoms with Gasteiger partial charge in [-0.05, 0) is 44.4 Å². The first-order valence-electron chi connectivity index (χ1n) is 8.62. The highest BCUT2D eigenvalue weighted by Crippen LogP contribution is 2.25. The molecule has 0 unspecified atom stereocenters. The molecule has 0 atom stereocenters. The van der Waals surface area contributed by atoms with Gasteiger partial charge in [0.05, 0.1) is 5.56 Å². The third kappa shape index (κ3) is 3.63. The lowest BCUT2D eigenvalue weighted by Crippen LogP contribution is -2.40. The number of nitrogens with zero attached hydrogens (tertiary/aromatic N) is 1. The molecule has 2 aromatic rings. The molecule has 0 bridgehead atoms. The van der Waals surface area contributed by atoms with Crippen LogP contribution in [0.1, 0.15) is 44.7 Å². The zero-order valence-corrected chi connectivity index (χ0v) is 14.6. The largest absolute Gasteiger partial charge is 0.339 e. The van der Waals surface area contributed by atoms with Crippen molar-refractivity contribution < 1.29 is 14.0 Å². The molecule has 0 N–H and O–H groups in total. The molecule has 1 saturated heterocycles. The highest BCUT2D eigenvalue weighted by atomic mass is 19.1. The van der Waals surface area contributed by atoms with E-state index in [1.807, 2.05) is 32.0 Å². The van der Waals surface area contributed by atoms with Gasteiger partial charge in [-0.1, -0.05) is 35.9 Å². The van der Waals surface area contributed by atoms with E-state index in [0.29, 0.717) is 25.9 Å². The molecule has 1 fully saturated rings. The molecule has 1 heterocycles. The average Bonchev–Trinajstić information content (AvgIpc) is 2.61. The molecule has 4 heteroatoms. The van der Waals surface area contributed by atoms with E-state index in [-0.39, 0.29) is 23.2 Å². The maximum Gasteiger partial charge on any atom is 0.256 e. The van der Waals surface area contributed by atoms with Gasteiger partial charge in [0.2, 0.25) is 0 Å². The van der Waals surface area contributed by atoms with Gasteiger partial charge in [0.25, 0.3) is 5.91 Å². The first-order chi connectivity index (χ1) is 12.0. The third-order valence-corrected chi connectivity index (χ3v) is 4.90. The number of amides is 1. The van der Waals surface area contributed by atoms with Crippen molar-refractivity contribution in [1.82, 2.24) is 4.90 Å². The van der Waals surface area contributed by atoms with Crippen molar-refractivity contribution in [2.45, 2.75) is 26.7 Å². The van der Waals surface area contributed by atoms with Crippen molar-refractivity contribution >= 4 is 11.7 Å². The number of likely N-dealkylation sites (tertiary alicyclic amines) is 1. The fourth-order valence-corrected chi connectivity index (χ4v) is 3.46. The summed E-state index contributed by atoms with van der Waals surface area (Å²) < 4.78 is 13.8. The van der Waals surface area contributed by atoms with Gasteiger partial charge in [-0.25, -0.2) is 4.39 Å². The van der Waals surface area contributed by atoms with E-state index in [1.165, 1.54) is 12.1 Å². The summed E-state index contributed by atoms with van der Waals surface area (Å²) in [6.07, 6.45) is 1.23. The first-order valence-corrected chi connectivity index (χ1v) is 8.62. The summed E-state index contributed by atoms with van der Waals surface area (Å²) in [5.41, 5.74) is 3.00. The van der Waals surface area contributed by atoms with Gasteiger partial charge in [-0.15, -0.1) is 0 Å². The van der Waals surface area contributed by atoms with E-state index in [1.54, 1.807) is 17.0 Å². The number of halogens is 1. The maximum absolute atomic E-state index is 13.8. The Balaban J connectivity index is 1.66. The smallest absolute Gasteiger partial charge is 0.256 e. The summed E-state index contributed by atoms with van der Waals surface area (Å²) in [6, 6.07) is 11.9. The molecule has 0 spiro atoms. The number of rotatable bonds is 3. The molecule has 2 aromatic carbocycles. The van der Waals surface area contributed by atoms with Gasteiger partial charge in [0, 0.05) is 24.6 Å². The third-order valence-electron chi connectivity index (χ3n) is 4.90. The number of hydrogen-bond donors (Lipinski definition) is 0. The van der Waals surface area contributed by atoms with Crippen molar-refractivity contribution in [3.05, 3.63) is 70.5 Å². The number of aryl methyl sites for hydroxylation is 2. The number of piperidine rings is 1. The minimum Gasteiger partial charge on any atom is -0.339 e. The summed E-state index contributed by atoms with van der Waals surface area (Å²) in [6.45, 7) is 4.92. The van der Waals surface area contributed by atoms with E-state index in [0.717, 1.165) is 16.7 Å². The van der Waals surface area contributed by atoms with Crippen LogP contribution in [0.2, 0.25) is 0 Å². The Labute approximate surface area is 147 Å². The Hall–Kier alpha value is -2.49. The summed E-state index contributed by atoms with van der Waals surface area (Å²) >= 11 is 0. The molecule has 130 valence electrons. The lowest BCUT2D eigenvalue weighted by Gasteiger charge is -2.31. The van der Waals surface area contributed by atoms with Crippen LogP contribution in [-0.2, 0) is 0 Å². The van der Waals surface area contributed by atoms with Gasteiger partial charge < -0.3 is 4.90 Å². The Bertz CT molecular complexity index is 807. The van der Waals surface area contributed by atoms with Crippen molar-refractivity contribution in [2.75, 3.05) is 13.1 Å². The molecular weight excluding hydrogens is 317 g/mol. The molecule has 25 heavy (non-hydrogen) atoms. The molecule has 0 aromatic heterocycles. The van der Waals surface area contributed by atoms with Crippen molar-refractivity contribution in [2.24, 2.45) is 5.92 Å². The van der Waals surface area contributed by atoms with E-state index in [9.17, 15) is 14.0 Å². The van der Waals surface area contributed by atoms with Gasteiger partial charge in [-0.2, -0.15) is 0 Å². The predicted molar refractivity (Wildman–Crippen MR) is 95.3 cm³/mol. The van der Waals surface area contributed by atoms with Gasteiger partial charge in [0.1, 0.15) is 5.82 Å². The van der Waals surface area contributed by atoms with Crippen LogP contribution in [0.15, 0.2) is 42.5 Å². The summed E-state index contributed by atoms with van der Waals surface area (Å²) in [4.78, 5) is 26.9. The van der Waals surface area contributed by atoms with Crippen molar-refractivity contribution in [3.8, 4) is 0 Å². The van der Waals surface area contributed by atoms with Crippen LogP contribution in [0.25, 0.3) is 0 Å². The molecule has 1 amide bonds. The van der Waals surface area contributed by atoms with Crippen molar-refractivity contribution in [1.29, 1.82) is 0 Å². The van der Waals surface area contributed by atoms with Gasteiger partial charge in [-0.3, -0.25) is 9.59 Å². The molecule has 0 aliphatic carbocycles. The number of ketones is 1. The summed E-state index contributed by atoms with van der Waals surface area (Å²) in [5, 5.41) is 0. The minimum absolute atomic E-state index is 0.0777. The Morgan fingerprint density at radius 1 is 1.00 bits per heavy atom. The van der Waals surface area contributed by atoms with Crippen LogP contribution in [0.4, 0.5) is 4.39 Å². The van der Waals surface area contributed by atoms with E-state index < -0.39 is 5.82 Å². The second-order valence-electron chi connectivity index (χ2n) is 6.73. The minimum atomic E-state index is -0.499.